The number of benzene rings is 3. The lowest BCUT2D eigenvalue weighted by molar-refractivity contribution is -0.385. The summed E-state index contributed by atoms with van der Waals surface area (Å²) < 4.78 is 0. The van der Waals surface area contributed by atoms with Crippen molar-refractivity contribution < 1.29 is 24.5 Å². The number of carbonyl (C=O) groups excluding carboxylic acids is 2. The second-order valence-corrected chi connectivity index (χ2v) is 12.4. The first-order valence-electron chi connectivity index (χ1n) is 13.5. The number of phenolic OH excluding ortho intramolecular Hbond substituents is 1. The summed E-state index contributed by atoms with van der Waals surface area (Å²) in [5.41, 5.74) is 1.13. The van der Waals surface area contributed by atoms with Crippen LogP contribution in [0, 0.1) is 20.2 Å². The third-order valence-electron chi connectivity index (χ3n) is 7.39. The highest BCUT2D eigenvalue weighted by Crippen LogP contribution is 2.43. The maximum Gasteiger partial charge on any atom is 0.269 e. The molecule has 1 aliphatic heterocycles. The molecule has 0 saturated carbocycles. The van der Waals surface area contributed by atoms with Crippen molar-refractivity contribution in [2.24, 2.45) is 0 Å². The van der Waals surface area contributed by atoms with Gasteiger partial charge in [0.2, 0.25) is 0 Å². The van der Waals surface area contributed by atoms with E-state index in [2.05, 4.69) is 0 Å². The van der Waals surface area contributed by atoms with Gasteiger partial charge < -0.3 is 14.9 Å². The van der Waals surface area contributed by atoms with Gasteiger partial charge in [0, 0.05) is 48.5 Å². The Morgan fingerprint density at radius 3 is 1.33 bits per heavy atom. The fourth-order valence-electron chi connectivity index (χ4n) is 5.15. The van der Waals surface area contributed by atoms with E-state index in [1.807, 2.05) is 53.7 Å². The lowest BCUT2D eigenvalue weighted by Gasteiger charge is -2.34. The molecule has 1 saturated heterocycles. The van der Waals surface area contributed by atoms with E-state index in [1.165, 1.54) is 58.3 Å². The monoisotopic (exact) mass is 574 g/mol. The van der Waals surface area contributed by atoms with Crippen molar-refractivity contribution in [3.05, 3.63) is 109 Å². The summed E-state index contributed by atoms with van der Waals surface area (Å²) >= 11 is 0. The molecule has 0 aliphatic carbocycles. The van der Waals surface area contributed by atoms with Crippen LogP contribution in [0.3, 0.4) is 0 Å². The molecule has 0 bridgehead atoms. The first-order valence-corrected chi connectivity index (χ1v) is 13.5. The number of non-ortho nitro benzene ring substituents is 2. The van der Waals surface area contributed by atoms with Crippen molar-refractivity contribution in [2.45, 2.75) is 58.5 Å². The number of aromatic hydroxyl groups is 1. The van der Waals surface area contributed by atoms with E-state index >= 15 is 0 Å². The Kier molecular flexibility index (Phi) is 7.82. The zero-order valence-corrected chi connectivity index (χ0v) is 24.5. The minimum atomic E-state index is -0.877. The summed E-state index contributed by atoms with van der Waals surface area (Å²) in [4.78, 5) is 52.0. The van der Waals surface area contributed by atoms with Gasteiger partial charge in [0.1, 0.15) is 11.9 Å². The summed E-state index contributed by atoms with van der Waals surface area (Å²) in [6.07, 6.45) is -0.877. The van der Waals surface area contributed by atoms with Crippen molar-refractivity contribution >= 4 is 23.2 Å². The second kappa shape index (κ2) is 10.9. The van der Waals surface area contributed by atoms with E-state index in [9.17, 15) is 34.9 Å². The molecule has 0 spiro atoms. The van der Waals surface area contributed by atoms with Crippen LogP contribution in [0.5, 0.6) is 5.75 Å². The van der Waals surface area contributed by atoms with Crippen LogP contribution in [-0.4, -0.2) is 49.7 Å². The number of amides is 2. The fourth-order valence-corrected chi connectivity index (χ4v) is 5.15. The van der Waals surface area contributed by atoms with Gasteiger partial charge in [-0.15, -0.1) is 0 Å². The summed E-state index contributed by atoms with van der Waals surface area (Å²) in [6, 6.07) is 14.2. The molecule has 11 heteroatoms. The lowest BCUT2D eigenvalue weighted by Crippen LogP contribution is -2.38. The standard InChI is InChI=1S/C31H34N4O7/c1-30(2,3)24-17-21(18-25(26(24)36)31(4,5)6)27-32(28(37)19-7-11-22(12-8-19)34(39)40)15-16-33(27)29(38)20-9-13-23(14-10-20)35(41)42/h7-14,17-18,27,36H,15-16H2,1-6H3. The van der Waals surface area contributed by atoms with Crippen molar-refractivity contribution in [3.8, 4) is 5.75 Å². The summed E-state index contributed by atoms with van der Waals surface area (Å²) in [5, 5.41) is 33.6. The zero-order valence-electron chi connectivity index (χ0n) is 24.5. The first-order chi connectivity index (χ1) is 19.5. The number of phenols is 1. The van der Waals surface area contributed by atoms with Gasteiger partial charge in [-0.2, -0.15) is 0 Å². The number of nitro groups is 2. The highest BCUT2D eigenvalue weighted by atomic mass is 16.6. The van der Waals surface area contributed by atoms with E-state index in [1.54, 1.807) is 0 Å². The Bertz CT molecular complexity index is 1440. The van der Waals surface area contributed by atoms with Crippen LogP contribution in [0.15, 0.2) is 60.7 Å². The Balaban J connectivity index is 1.87. The quantitative estimate of drug-likeness (QED) is 0.286. The van der Waals surface area contributed by atoms with E-state index in [4.69, 9.17) is 0 Å². The van der Waals surface area contributed by atoms with E-state index in [0.29, 0.717) is 16.7 Å². The number of rotatable bonds is 5. The molecule has 0 radical (unpaired) electrons. The summed E-state index contributed by atoms with van der Waals surface area (Å²) in [6.45, 7) is 12.1. The summed E-state index contributed by atoms with van der Waals surface area (Å²) in [5.74, 6) is -0.689. The van der Waals surface area contributed by atoms with Gasteiger partial charge in [0.05, 0.1) is 9.85 Å². The zero-order chi connectivity index (χ0) is 31.1. The van der Waals surface area contributed by atoms with Crippen molar-refractivity contribution in [3.63, 3.8) is 0 Å². The first kappa shape index (κ1) is 30.2. The number of hydrogen-bond donors (Lipinski definition) is 1. The predicted molar refractivity (Wildman–Crippen MR) is 157 cm³/mol. The maximum absolute atomic E-state index is 13.9. The topological polar surface area (TPSA) is 147 Å². The molecule has 0 atom stereocenters. The van der Waals surface area contributed by atoms with Gasteiger partial charge in [0.15, 0.2) is 0 Å². The molecule has 220 valence electrons. The molecule has 42 heavy (non-hydrogen) atoms. The molecule has 1 heterocycles. The largest absolute Gasteiger partial charge is 0.507 e. The Labute approximate surface area is 243 Å². The molecule has 0 unspecified atom stereocenters. The Morgan fingerprint density at radius 1 is 0.714 bits per heavy atom. The smallest absolute Gasteiger partial charge is 0.269 e. The van der Waals surface area contributed by atoms with Crippen LogP contribution in [0.2, 0.25) is 0 Å². The van der Waals surface area contributed by atoms with Crippen molar-refractivity contribution in [1.29, 1.82) is 0 Å². The summed E-state index contributed by atoms with van der Waals surface area (Å²) in [7, 11) is 0. The molecule has 1 aliphatic rings. The molecular weight excluding hydrogens is 540 g/mol. The van der Waals surface area contributed by atoms with Gasteiger partial charge in [-0.3, -0.25) is 29.8 Å². The minimum absolute atomic E-state index is 0.150. The van der Waals surface area contributed by atoms with Crippen LogP contribution >= 0.6 is 0 Å². The average Bonchev–Trinajstić information content (AvgIpc) is 3.36. The van der Waals surface area contributed by atoms with Crippen LogP contribution in [0.1, 0.15) is 85.1 Å². The highest BCUT2D eigenvalue weighted by molar-refractivity contribution is 5.98. The van der Waals surface area contributed by atoms with Crippen molar-refractivity contribution in [2.75, 3.05) is 13.1 Å². The van der Waals surface area contributed by atoms with E-state index < -0.39 is 38.7 Å². The molecular formula is C31H34N4O7. The normalized spacial score (nSPS) is 14.2. The van der Waals surface area contributed by atoms with E-state index in [-0.39, 0.29) is 41.3 Å². The van der Waals surface area contributed by atoms with Crippen LogP contribution in [0.25, 0.3) is 0 Å². The third kappa shape index (κ3) is 5.81. The molecule has 0 aromatic heterocycles. The SMILES string of the molecule is CC(C)(C)c1cc(C2N(C(=O)c3ccc([N+](=O)[O-])cc3)CCN2C(=O)c2ccc([N+](=O)[O-])cc2)cc(C(C)(C)C)c1O. The van der Waals surface area contributed by atoms with Gasteiger partial charge in [-0.05, 0) is 63.9 Å². The van der Waals surface area contributed by atoms with Gasteiger partial charge in [-0.25, -0.2) is 0 Å². The molecule has 3 aromatic rings. The molecule has 11 nitrogen and oxygen atoms in total. The number of nitrogens with zero attached hydrogens (tertiary/aromatic N) is 4. The minimum Gasteiger partial charge on any atom is -0.507 e. The molecule has 1 N–H and O–H groups in total. The lowest BCUT2D eigenvalue weighted by atomic mass is 9.78. The Hall–Kier alpha value is -4.80. The van der Waals surface area contributed by atoms with Gasteiger partial charge in [-0.1, -0.05) is 41.5 Å². The molecule has 1 fully saturated rings. The maximum atomic E-state index is 13.9. The number of carbonyl (C=O) groups is 2. The average molecular weight is 575 g/mol. The predicted octanol–water partition coefficient (Wildman–Crippen LogP) is 6.10. The van der Waals surface area contributed by atoms with Crippen LogP contribution in [-0.2, 0) is 10.8 Å². The van der Waals surface area contributed by atoms with E-state index in [0.717, 1.165) is 0 Å². The number of nitro benzene ring substituents is 2. The molecule has 2 amide bonds. The third-order valence-corrected chi connectivity index (χ3v) is 7.39. The van der Waals surface area contributed by atoms with Crippen LogP contribution in [0.4, 0.5) is 11.4 Å². The van der Waals surface area contributed by atoms with Crippen LogP contribution < -0.4 is 0 Å². The fraction of sp³-hybridized carbons (Fsp3) is 0.355. The second-order valence-electron chi connectivity index (χ2n) is 12.4. The van der Waals surface area contributed by atoms with Gasteiger partial charge in [0.25, 0.3) is 23.2 Å². The number of hydrogen-bond acceptors (Lipinski definition) is 7. The van der Waals surface area contributed by atoms with Gasteiger partial charge >= 0.3 is 0 Å². The Morgan fingerprint density at radius 2 is 1.05 bits per heavy atom. The molecule has 3 aromatic carbocycles. The highest BCUT2D eigenvalue weighted by Gasteiger charge is 2.41. The van der Waals surface area contributed by atoms with Crippen molar-refractivity contribution in [1.82, 2.24) is 9.80 Å². The molecule has 4 rings (SSSR count).